The number of rotatable bonds is 7. The van der Waals surface area contributed by atoms with E-state index in [1.807, 2.05) is 30.0 Å². The third-order valence-electron chi connectivity index (χ3n) is 5.57. The molecule has 33 heavy (non-hydrogen) atoms. The maximum atomic E-state index is 11.9. The number of ether oxygens (including phenoxy) is 1. The fourth-order valence-corrected chi connectivity index (χ4v) is 5.77. The van der Waals surface area contributed by atoms with Crippen molar-refractivity contribution in [3.63, 3.8) is 0 Å². The van der Waals surface area contributed by atoms with E-state index in [-0.39, 0.29) is 28.1 Å². The molecule has 0 radical (unpaired) electrons. The first kappa shape index (κ1) is 23.2. The van der Waals surface area contributed by atoms with Crippen LogP contribution >= 0.6 is 11.8 Å². The highest BCUT2D eigenvalue weighted by Crippen LogP contribution is 2.43. The summed E-state index contributed by atoms with van der Waals surface area (Å²) < 4.78 is 29.0. The molecule has 4 rings (SSSR count). The first-order valence-electron chi connectivity index (χ1n) is 10.5. The standard InChI is InChI=1S/C23H23N3O5S2/c1-33(29,30)20-13-9-17(10-14-20)31-23-22(26(27)28)21(24-15-25-23)16-7-11-19(12-8-16)32-18-5-3-2-4-6-18/h2-6,9-10,13-16,19H,7-8,11-12H2,1H3. The van der Waals surface area contributed by atoms with Gasteiger partial charge in [-0.05, 0) is 62.1 Å². The van der Waals surface area contributed by atoms with Gasteiger partial charge in [-0.1, -0.05) is 18.2 Å². The van der Waals surface area contributed by atoms with E-state index < -0.39 is 14.8 Å². The second-order valence-electron chi connectivity index (χ2n) is 7.92. The van der Waals surface area contributed by atoms with Crippen LogP contribution in [0.5, 0.6) is 11.6 Å². The molecule has 0 N–H and O–H groups in total. The number of benzene rings is 2. The molecule has 0 aliphatic heterocycles. The minimum absolute atomic E-state index is 0.0454. The highest BCUT2D eigenvalue weighted by atomic mass is 32.2. The van der Waals surface area contributed by atoms with E-state index in [9.17, 15) is 18.5 Å². The van der Waals surface area contributed by atoms with Crippen LogP contribution in [0.1, 0.15) is 37.3 Å². The number of sulfone groups is 1. The number of nitro groups is 1. The van der Waals surface area contributed by atoms with Crippen molar-refractivity contribution in [2.24, 2.45) is 0 Å². The Morgan fingerprint density at radius 3 is 2.27 bits per heavy atom. The Labute approximate surface area is 196 Å². The molecular formula is C23H23N3O5S2. The van der Waals surface area contributed by atoms with Gasteiger partial charge in [0.15, 0.2) is 9.84 Å². The Morgan fingerprint density at radius 2 is 1.67 bits per heavy atom. The molecule has 0 amide bonds. The van der Waals surface area contributed by atoms with Crippen molar-refractivity contribution < 1.29 is 18.1 Å². The van der Waals surface area contributed by atoms with E-state index in [1.165, 1.54) is 35.5 Å². The van der Waals surface area contributed by atoms with Crippen LogP contribution in [-0.2, 0) is 9.84 Å². The predicted octanol–water partition coefficient (Wildman–Crippen LogP) is 5.40. The number of hydrogen-bond donors (Lipinski definition) is 0. The molecule has 1 heterocycles. The van der Waals surface area contributed by atoms with Gasteiger partial charge >= 0.3 is 11.6 Å². The van der Waals surface area contributed by atoms with Gasteiger partial charge in [0.25, 0.3) is 0 Å². The van der Waals surface area contributed by atoms with Crippen molar-refractivity contribution in [1.82, 2.24) is 9.97 Å². The Bertz CT molecular complexity index is 1230. The lowest BCUT2D eigenvalue weighted by atomic mass is 9.86. The van der Waals surface area contributed by atoms with E-state index in [0.717, 1.165) is 31.9 Å². The van der Waals surface area contributed by atoms with Gasteiger partial charge in [-0.2, -0.15) is 4.98 Å². The third kappa shape index (κ3) is 5.69. The van der Waals surface area contributed by atoms with Crippen LogP contribution in [-0.4, -0.2) is 34.8 Å². The second kappa shape index (κ2) is 9.88. The summed E-state index contributed by atoms with van der Waals surface area (Å²) in [5.74, 6) is 0.0759. The molecule has 1 fully saturated rings. The van der Waals surface area contributed by atoms with Crippen LogP contribution in [0.2, 0.25) is 0 Å². The average Bonchev–Trinajstić information content (AvgIpc) is 2.80. The third-order valence-corrected chi connectivity index (χ3v) is 8.05. The Hall–Kier alpha value is -2.98. The highest BCUT2D eigenvalue weighted by Gasteiger charge is 2.33. The molecule has 1 aliphatic rings. The lowest BCUT2D eigenvalue weighted by Gasteiger charge is -2.27. The molecule has 2 aromatic carbocycles. The van der Waals surface area contributed by atoms with E-state index in [4.69, 9.17) is 4.74 Å². The lowest BCUT2D eigenvalue weighted by molar-refractivity contribution is -0.387. The van der Waals surface area contributed by atoms with E-state index >= 15 is 0 Å². The van der Waals surface area contributed by atoms with Crippen LogP contribution in [0.15, 0.2) is 70.7 Å². The van der Waals surface area contributed by atoms with Crippen LogP contribution in [0.4, 0.5) is 5.69 Å². The SMILES string of the molecule is CS(=O)(=O)c1ccc(Oc2ncnc(C3CCC(Sc4ccccc4)CC3)c2[N+](=O)[O-])cc1. The summed E-state index contributed by atoms with van der Waals surface area (Å²) in [6, 6.07) is 15.9. The van der Waals surface area contributed by atoms with Crippen molar-refractivity contribution in [3.05, 3.63) is 76.7 Å². The maximum absolute atomic E-state index is 11.9. The first-order chi connectivity index (χ1) is 15.8. The summed E-state index contributed by atoms with van der Waals surface area (Å²) in [5.41, 5.74) is 0.157. The molecule has 10 heteroatoms. The molecule has 3 aromatic rings. The summed E-state index contributed by atoms with van der Waals surface area (Å²) in [4.78, 5) is 21.1. The Kier molecular flexibility index (Phi) is 6.94. The Balaban J connectivity index is 1.50. The van der Waals surface area contributed by atoms with Gasteiger partial charge in [-0.15, -0.1) is 11.8 Å². The first-order valence-corrected chi connectivity index (χ1v) is 13.3. The van der Waals surface area contributed by atoms with Gasteiger partial charge in [0.1, 0.15) is 17.8 Å². The van der Waals surface area contributed by atoms with Gasteiger partial charge in [0.2, 0.25) is 0 Å². The van der Waals surface area contributed by atoms with Crippen molar-refractivity contribution >= 4 is 27.3 Å². The Morgan fingerprint density at radius 1 is 1.00 bits per heavy atom. The van der Waals surface area contributed by atoms with Crippen LogP contribution < -0.4 is 4.74 Å². The van der Waals surface area contributed by atoms with Crippen LogP contribution in [0, 0.1) is 10.1 Å². The summed E-state index contributed by atoms with van der Waals surface area (Å²) in [6.45, 7) is 0. The van der Waals surface area contributed by atoms with Crippen molar-refractivity contribution in [3.8, 4) is 11.6 Å². The van der Waals surface area contributed by atoms with Crippen molar-refractivity contribution in [1.29, 1.82) is 0 Å². The zero-order valence-corrected chi connectivity index (χ0v) is 19.6. The van der Waals surface area contributed by atoms with Crippen LogP contribution in [0.25, 0.3) is 0 Å². The minimum Gasteiger partial charge on any atom is -0.434 e. The molecule has 0 saturated heterocycles. The number of aromatic nitrogens is 2. The normalized spacial score (nSPS) is 18.6. The van der Waals surface area contributed by atoms with Crippen molar-refractivity contribution in [2.45, 2.75) is 46.6 Å². The van der Waals surface area contributed by atoms with E-state index in [2.05, 4.69) is 22.1 Å². The van der Waals surface area contributed by atoms with Gasteiger partial charge < -0.3 is 4.74 Å². The summed E-state index contributed by atoms with van der Waals surface area (Å²) in [5, 5.41) is 12.4. The topological polar surface area (TPSA) is 112 Å². The van der Waals surface area contributed by atoms with Gasteiger partial charge in [-0.3, -0.25) is 10.1 Å². The molecule has 0 bridgehead atoms. The quantitative estimate of drug-likeness (QED) is 0.323. The zero-order chi connectivity index (χ0) is 23.4. The average molecular weight is 486 g/mol. The molecule has 1 aliphatic carbocycles. The molecule has 0 unspecified atom stereocenters. The highest BCUT2D eigenvalue weighted by molar-refractivity contribution is 8.00. The summed E-state index contributed by atoms with van der Waals surface area (Å²) >= 11 is 1.85. The van der Waals surface area contributed by atoms with Gasteiger partial charge in [0.05, 0.1) is 9.82 Å². The largest absolute Gasteiger partial charge is 0.434 e. The number of thioether (sulfide) groups is 1. The minimum atomic E-state index is -3.35. The van der Waals surface area contributed by atoms with E-state index in [0.29, 0.717) is 10.9 Å². The number of hydrogen-bond acceptors (Lipinski definition) is 8. The van der Waals surface area contributed by atoms with Crippen LogP contribution in [0.3, 0.4) is 0 Å². The predicted molar refractivity (Wildman–Crippen MR) is 126 cm³/mol. The molecule has 0 spiro atoms. The smallest absolute Gasteiger partial charge is 0.352 e. The lowest BCUT2D eigenvalue weighted by Crippen LogP contribution is -2.17. The molecule has 1 aromatic heterocycles. The molecular weight excluding hydrogens is 462 g/mol. The van der Waals surface area contributed by atoms with E-state index in [1.54, 1.807) is 0 Å². The summed E-state index contributed by atoms with van der Waals surface area (Å²) in [7, 11) is -3.35. The van der Waals surface area contributed by atoms with Gasteiger partial charge in [0, 0.05) is 22.3 Å². The zero-order valence-electron chi connectivity index (χ0n) is 18.0. The molecule has 8 nitrogen and oxygen atoms in total. The number of nitrogens with zero attached hydrogens (tertiary/aromatic N) is 3. The second-order valence-corrected chi connectivity index (χ2v) is 11.3. The molecule has 0 atom stereocenters. The van der Waals surface area contributed by atoms with Crippen molar-refractivity contribution in [2.75, 3.05) is 6.26 Å². The van der Waals surface area contributed by atoms with Gasteiger partial charge in [-0.25, -0.2) is 13.4 Å². The summed E-state index contributed by atoms with van der Waals surface area (Å²) in [6.07, 6.45) is 5.86. The monoisotopic (exact) mass is 485 g/mol. The fraction of sp³-hybridized carbons (Fsp3) is 0.304. The molecule has 172 valence electrons. The molecule has 1 saturated carbocycles. The maximum Gasteiger partial charge on any atom is 0.352 e. The fourth-order valence-electron chi connectivity index (χ4n) is 3.93.